The van der Waals surface area contributed by atoms with Crippen molar-refractivity contribution >= 4 is 34.5 Å². The largest absolute Gasteiger partial charge is 0.507 e. The Morgan fingerprint density at radius 2 is 1.57 bits per heavy atom. The van der Waals surface area contributed by atoms with Crippen LogP contribution in [0.3, 0.4) is 0 Å². The highest BCUT2D eigenvalue weighted by atomic mass is 79.9. The van der Waals surface area contributed by atoms with Crippen molar-refractivity contribution < 1.29 is 14.7 Å². The highest BCUT2D eigenvalue weighted by molar-refractivity contribution is 8.93. The Morgan fingerprint density at radius 3 is 2.09 bits per heavy atom. The molecule has 1 heterocycles. The average molecular weight is 545 g/mol. The highest BCUT2D eigenvalue weighted by Crippen LogP contribution is 2.40. The number of nitrogens with one attached hydrogen (secondary N) is 2. The van der Waals surface area contributed by atoms with Crippen molar-refractivity contribution in [2.75, 3.05) is 13.1 Å². The average Bonchev–Trinajstić information content (AvgIpc) is 3.05. The summed E-state index contributed by atoms with van der Waals surface area (Å²) in [5, 5.41) is 22.4. The predicted octanol–water partition coefficient (Wildman–Crippen LogP) is 5.73. The number of phenolic OH excluding ortho intramolecular Hbond substituents is 1. The van der Waals surface area contributed by atoms with Crippen LogP contribution >= 0.6 is 17.0 Å². The van der Waals surface area contributed by atoms with Gasteiger partial charge in [0.2, 0.25) is 0 Å². The van der Waals surface area contributed by atoms with Gasteiger partial charge in [0, 0.05) is 40.9 Å². The maximum absolute atomic E-state index is 13.4. The topological polar surface area (TPSA) is 93.5 Å². The standard InChI is InChI=1S/C28H37N3O3.BrH/c1-8-11-30-26(34)17-9-10-18-15-31(25(29)20(18)12-17)16-23(32)19-13-21(27(2,3)4)24(33)22(14-19)28(5,6)7;/h9-10,12-14,29,33H,8,11,15-16H2,1-7H3,(H,30,34);1H. The lowest BCUT2D eigenvalue weighted by Crippen LogP contribution is -2.31. The summed E-state index contributed by atoms with van der Waals surface area (Å²) in [4.78, 5) is 27.5. The third kappa shape index (κ3) is 6.13. The maximum Gasteiger partial charge on any atom is 0.251 e. The van der Waals surface area contributed by atoms with Gasteiger partial charge in [-0.3, -0.25) is 15.0 Å². The molecule has 7 heteroatoms. The molecule has 1 aliphatic heterocycles. The molecule has 3 rings (SSSR count). The van der Waals surface area contributed by atoms with Gasteiger partial charge in [-0.1, -0.05) is 54.5 Å². The molecular formula is C28H38BrN3O3. The van der Waals surface area contributed by atoms with E-state index in [1.807, 2.05) is 54.5 Å². The lowest BCUT2D eigenvalue weighted by molar-refractivity contribution is 0.0949. The van der Waals surface area contributed by atoms with Gasteiger partial charge in [-0.25, -0.2) is 0 Å². The Kier molecular flexibility index (Phi) is 8.59. The third-order valence-electron chi connectivity index (χ3n) is 6.22. The number of phenols is 1. The summed E-state index contributed by atoms with van der Waals surface area (Å²) in [5.74, 6) is 0.237. The number of Topliss-reactive ketones (excluding diaryl/α,β-unsaturated/α-hetero) is 1. The second-order valence-corrected chi connectivity index (χ2v) is 11.2. The molecule has 0 saturated carbocycles. The van der Waals surface area contributed by atoms with Crippen molar-refractivity contribution in [2.45, 2.75) is 72.3 Å². The van der Waals surface area contributed by atoms with Crippen LogP contribution in [0.2, 0.25) is 0 Å². The summed E-state index contributed by atoms with van der Waals surface area (Å²) in [6.07, 6.45) is 0.855. The zero-order valence-corrected chi connectivity index (χ0v) is 23.5. The molecule has 0 unspecified atom stereocenters. The smallest absolute Gasteiger partial charge is 0.251 e. The van der Waals surface area contributed by atoms with Gasteiger partial charge in [-0.15, -0.1) is 17.0 Å². The Balaban J connectivity index is 0.00000432. The maximum atomic E-state index is 13.4. The zero-order valence-electron chi connectivity index (χ0n) is 21.8. The van der Waals surface area contributed by atoms with E-state index in [1.54, 1.807) is 29.2 Å². The quantitative estimate of drug-likeness (QED) is 0.405. The Labute approximate surface area is 219 Å². The summed E-state index contributed by atoms with van der Waals surface area (Å²) < 4.78 is 0. The minimum absolute atomic E-state index is 0. The van der Waals surface area contributed by atoms with Crippen LogP contribution in [0.5, 0.6) is 5.75 Å². The van der Waals surface area contributed by atoms with Gasteiger partial charge in [-0.2, -0.15) is 0 Å². The molecule has 6 nitrogen and oxygen atoms in total. The van der Waals surface area contributed by atoms with E-state index in [9.17, 15) is 14.7 Å². The van der Waals surface area contributed by atoms with Crippen LogP contribution in [-0.2, 0) is 17.4 Å². The SMILES string of the molecule is Br.CCCNC(=O)c1ccc2c(c1)C(=N)N(CC(=O)c1cc(C(C)(C)C)c(O)c(C(C)(C)C)c1)C2. The number of ketones is 1. The molecule has 2 aromatic carbocycles. The molecule has 0 fully saturated rings. The first-order valence-corrected chi connectivity index (χ1v) is 11.9. The number of carbonyl (C=O) groups excluding carboxylic acids is 2. The van der Waals surface area contributed by atoms with E-state index >= 15 is 0 Å². The number of amides is 1. The van der Waals surface area contributed by atoms with Gasteiger partial charge in [-0.05, 0) is 47.1 Å². The van der Waals surface area contributed by atoms with Crippen LogP contribution in [0.25, 0.3) is 0 Å². The highest BCUT2D eigenvalue weighted by Gasteiger charge is 2.30. The van der Waals surface area contributed by atoms with Crippen LogP contribution < -0.4 is 5.32 Å². The molecule has 190 valence electrons. The number of halogens is 1. The summed E-state index contributed by atoms with van der Waals surface area (Å²) >= 11 is 0. The van der Waals surface area contributed by atoms with Crippen LogP contribution in [0.1, 0.15) is 97.9 Å². The van der Waals surface area contributed by atoms with Crippen LogP contribution in [0, 0.1) is 5.41 Å². The molecule has 1 amide bonds. The molecule has 0 spiro atoms. The van der Waals surface area contributed by atoms with Crippen molar-refractivity contribution in [3.05, 3.63) is 63.7 Å². The second-order valence-electron chi connectivity index (χ2n) is 11.2. The first kappa shape index (κ1) is 28.6. The molecule has 0 aromatic heterocycles. The normalized spacial score (nSPS) is 13.3. The Hall–Kier alpha value is -2.67. The summed E-state index contributed by atoms with van der Waals surface area (Å²) in [6.45, 7) is 15.2. The van der Waals surface area contributed by atoms with Crippen molar-refractivity contribution in [3.63, 3.8) is 0 Å². The van der Waals surface area contributed by atoms with Crippen molar-refractivity contribution in [3.8, 4) is 5.75 Å². The first-order valence-electron chi connectivity index (χ1n) is 11.9. The predicted molar refractivity (Wildman–Crippen MR) is 146 cm³/mol. The molecule has 3 N–H and O–H groups in total. The molecule has 1 aliphatic rings. The number of fused-ring (bicyclic) bond motifs is 1. The fourth-order valence-electron chi connectivity index (χ4n) is 4.21. The third-order valence-corrected chi connectivity index (χ3v) is 6.22. The van der Waals surface area contributed by atoms with E-state index in [2.05, 4.69) is 5.32 Å². The number of carbonyl (C=O) groups is 2. The van der Waals surface area contributed by atoms with Gasteiger partial charge >= 0.3 is 0 Å². The minimum Gasteiger partial charge on any atom is -0.507 e. The van der Waals surface area contributed by atoms with E-state index in [0.717, 1.165) is 23.1 Å². The number of benzene rings is 2. The fraction of sp³-hybridized carbons (Fsp3) is 0.464. The molecule has 2 aromatic rings. The summed E-state index contributed by atoms with van der Waals surface area (Å²) in [6, 6.07) is 8.95. The van der Waals surface area contributed by atoms with E-state index < -0.39 is 0 Å². The molecule has 0 radical (unpaired) electrons. The zero-order chi connectivity index (χ0) is 25.4. The Bertz CT molecular complexity index is 1110. The van der Waals surface area contributed by atoms with Gasteiger partial charge in [0.15, 0.2) is 5.78 Å². The minimum atomic E-state index is -0.328. The molecule has 0 bridgehead atoms. The number of amidine groups is 1. The number of nitrogens with zero attached hydrogens (tertiary/aromatic N) is 1. The van der Waals surface area contributed by atoms with E-state index in [-0.39, 0.29) is 57.6 Å². The lowest BCUT2D eigenvalue weighted by Gasteiger charge is -2.28. The fourth-order valence-corrected chi connectivity index (χ4v) is 4.21. The van der Waals surface area contributed by atoms with Crippen LogP contribution in [-0.4, -0.2) is 40.6 Å². The second kappa shape index (κ2) is 10.5. The van der Waals surface area contributed by atoms with Crippen molar-refractivity contribution in [1.29, 1.82) is 5.41 Å². The van der Waals surface area contributed by atoms with E-state index in [0.29, 0.717) is 29.8 Å². The van der Waals surface area contributed by atoms with Crippen molar-refractivity contribution in [2.24, 2.45) is 0 Å². The van der Waals surface area contributed by atoms with Crippen LogP contribution in [0.4, 0.5) is 0 Å². The van der Waals surface area contributed by atoms with Gasteiger partial charge in [0.05, 0.1) is 6.54 Å². The Morgan fingerprint density at radius 1 is 1.00 bits per heavy atom. The lowest BCUT2D eigenvalue weighted by atomic mass is 9.78. The molecule has 0 atom stereocenters. The molecular weight excluding hydrogens is 506 g/mol. The number of hydrogen-bond donors (Lipinski definition) is 3. The number of rotatable bonds is 6. The monoisotopic (exact) mass is 543 g/mol. The van der Waals surface area contributed by atoms with Gasteiger partial charge in [0.1, 0.15) is 11.6 Å². The van der Waals surface area contributed by atoms with E-state index in [4.69, 9.17) is 5.41 Å². The van der Waals surface area contributed by atoms with Crippen molar-refractivity contribution in [1.82, 2.24) is 10.2 Å². The van der Waals surface area contributed by atoms with Gasteiger partial charge in [0.25, 0.3) is 5.91 Å². The number of aromatic hydroxyl groups is 1. The summed E-state index contributed by atoms with van der Waals surface area (Å²) in [7, 11) is 0. The van der Waals surface area contributed by atoms with E-state index in [1.165, 1.54) is 0 Å². The first-order chi connectivity index (χ1) is 15.7. The molecule has 0 aliphatic carbocycles. The number of hydrogen-bond acceptors (Lipinski definition) is 4. The summed E-state index contributed by atoms with van der Waals surface area (Å²) in [5.41, 5.74) is 3.51. The molecule has 0 saturated heterocycles. The van der Waals surface area contributed by atoms with Gasteiger partial charge < -0.3 is 15.3 Å². The molecule has 35 heavy (non-hydrogen) atoms. The van der Waals surface area contributed by atoms with Crippen LogP contribution in [0.15, 0.2) is 30.3 Å².